The van der Waals surface area contributed by atoms with Gasteiger partial charge in [-0.2, -0.15) is 0 Å². The fourth-order valence-corrected chi connectivity index (χ4v) is 1.72. The SMILES string of the molecule is Cc1cc(Cl)nc(NP(=O)(Cl)Cl)n1. The molecule has 13 heavy (non-hydrogen) atoms. The molecule has 1 aromatic heterocycles. The molecule has 0 aliphatic heterocycles. The maximum atomic E-state index is 10.9. The van der Waals surface area contributed by atoms with E-state index in [4.69, 9.17) is 34.1 Å². The molecule has 0 aliphatic rings. The van der Waals surface area contributed by atoms with E-state index in [-0.39, 0.29) is 11.1 Å². The first-order valence-corrected chi connectivity index (χ1v) is 7.05. The molecule has 72 valence electrons. The summed E-state index contributed by atoms with van der Waals surface area (Å²) in [5.74, 6) is -3.36. The second-order valence-electron chi connectivity index (χ2n) is 2.23. The highest BCUT2D eigenvalue weighted by Crippen LogP contribution is 2.55. The molecule has 0 saturated heterocycles. The largest absolute Gasteiger partial charge is 0.345 e. The summed E-state index contributed by atoms with van der Waals surface area (Å²) in [5.41, 5.74) is 0.629. The van der Waals surface area contributed by atoms with Gasteiger partial charge in [-0.05, 0) is 35.5 Å². The van der Waals surface area contributed by atoms with Crippen LogP contribution in [0.1, 0.15) is 5.69 Å². The van der Waals surface area contributed by atoms with Crippen molar-refractivity contribution in [1.82, 2.24) is 9.97 Å². The number of aromatic nitrogens is 2. The Morgan fingerprint density at radius 2 is 2.08 bits per heavy atom. The molecule has 1 rings (SSSR count). The minimum atomic E-state index is -3.42. The Labute approximate surface area is 89.6 Å². The number of rotatable bonds is 2. The average molecular weight is 260 g/mol. The van der Waals surface area contributed by atoms with Crippen molar-refractivity contribution in [3.63, 3.8) is 0 Å². The molecule has 1 heterocycles. The molecule has 0 bridgehead atoms. The Kier molecular flexibility index (Phi) is 3.41. The summed E-state index contributed by atoms with van der Waals surface area (Å²) in [6.07, 6.45) is 0. The van der Waals surface area contributed by atoms with Gasteiger partial charge >= 0.3 is 6.00 Å². The topological polar surface area (TPSA) is 54.9 Å². The van der Waals surface area contributed by atoms with Crippen LogP contribution in [0.4, 0.5) is 5.95 Å². The molecular weight excluding hydrogens is 255 g/mol. The Hall–Kier alpha value is -0.0200. The van der Waals surface area contributed by atoms with Crippen molar-refractivity contribution in [3.8, 4) is 0 Å². The molecule has 0 fully saturated rings. The number of hydrogen-bond acceptors (Lipinski definition) is 3. The first kappa shape index (κ1) is 11.1. The maximum absolute atomic E-state index is 10.9. The minimum absolute atomic E-state index is 0.0540. The number of halogens is 3. The molecule has 0 spiro atoms. The van der Waals surface area contributed by atoms with E-state index in [0.717, 1.165) is 0 Å². The smallest absolute Gasteiger partial charge is 0.281 e. The fraction of sp³-hybridized carbons (Fsp3) is 0.200. The molecule has 0 saturated carbocycles. The molecule has 4 nitrogen and oxygen atoms in total. The van der Waals surface area contributed by atoms with Gasteiger partial charge in [-0.3, -0.25) is 9.65 Å². The Morgan fingerprint density at radius 1 is 1.46 bits per heavy atom. The van der Waals surface area contributed by atoms with Gasteiger partial charge in [0, 0.05) is 5.69 Å². The van der Waals surface area contributed by atoms with Crippen molar-refractivity contribution in [3.05, 3.63) is 16.9 Å². The second kappa shape index (κ2) is 4.01. The van der Waals surface area contributed by atoms with Crippen molar-refractivity contribution in [2.45, 2.75) is 6.92 Å². The van der Waals surface area contributed by atoms with Crippen molar-refractivity contribution in [2.24, 2.45) is 0 Å². The van der Waals surface area contributed by atoms with E-state index in [2.05, 4.69) is 15.1 Å². The van der Waals surface area contributed by atoms with Gasteiger partial charge in [0.05, 0.1) is 0 Å². The first-order valence-electron chi connectivity index (χ1n) is 3.16. The molecular formula is C5H5Cl3N3OP. The van der Waals surface area contributed by atoms with E-state index in [1.54, 1.807) is 13.0 Å². The predicted octanol–water partition coefficient (Wildman–Crippen LogP) is 3.44. The van der Waals surface area contributed by atoms with E-state index in [9.17, 15) is 4.57 Å². The monoisotopic (exact) mass is 259 g/mol. The van der Waals surface area contributed by atoms with E-state index in [1.165, 1.54) is 0 Å². The van der Waals surface area contributed by atoms with Gasteiger partial charge in [0.15, 0.2) is 0 Å². The summed E-state index contributed by atoms with van der Waals surface area (Å²) >= 11 is 16.1. The van der Waals surface area contributed by atoms with Crippen LogP contribution in [0.25, 0.3) is 0 Å². The van der Waals surface area contributed by atoms with Gasteiger partial charge in [0.2, 0.25) is 5.95 Å². The molecule has 1 aromatic rings. The third-order valence-electron chi connectivity index (χ3n) is 1.05. The second-order valence-corrected chi connectivity index (χ2v) is 7.14. The quantitative estimate of drug-likeness (QED) is 0.654. The van der Waals surface area contributed by atoms with Crippen LogP contribution in [-0.4, -0.2) is 9.97 Å². The van der Waals surface area contributed by atoms with E-state index >= 15 is 0 Å². The Morgan fingerprint density at radius 3 is 2.54 bits per heavy atom. The Bertz CT molecular complexity index is 346. The van der Waals surface area contributed by atoms with Gasteiger partial charge in [-0.1, -0.05) is 11.6 Å². The third kappa shape index (κ3) is 4.14. The van der Waals surface area contributed by atoms with Crippen molar-refractivity contribution in [2.75, 3.05) is 5.09 Å². The lowest BCUT2D eigenvalue weighted by Gasteiger charge is -2.05. The van der Waals surface area contributed by atoms with Crippen LogP contribution in [0.2, 0.25) is 5.15 Å². The van der Waals surface area contributed by atoms with Gasteiger partial charge in [0.1, 0.15) is 5.15 Å². The highest BCUT2D eigenvalue weighted by Gasteiger charge is 2.15. The first-order chi connectivity index (χ1) is 5.87. The molecule has 0 aliphatic carbocycles. The van der Waals surface area contributed by atoms with Crippen LogP contribution in [0.15, 0.2) is 6.07 Å². The zero-order chi connectivity index (χ0) is 10.1. The molecule has 0 atom stereocenters. The number of anilines is 1. The summed E-state index contributed by atoms with van der Waals surface area (Å²) in [7, 11) is 0. The molecule has 1 N–H and O–H groups in total. The lowest BCUT2D eigenvalue weighted by Crippen LogP contribution is -1.96. The standard InChI is InChI=1S/C5H5Cl3N3OP/c1-3-2-4(6)10-5(9-3)11-13(7,8)12/h2H,1H3,(H,9,10,11,12). The normalized spacial score (nSPS) is 11.4. The molecule has 0 aromatic carbocycles. The minimum Gasteiger partial charge on any atom is -0.281 e. The maximum Gasteiger partial charge on any atom is 0.345 e. The average Bonchev–Trinajstić information content (AvgIpc) is 1.78. The van der Waals surface area contributed by atoms with Crippen LogP contribution in [-0.2, 0) is 4.57 Å². The van der Waals surface area contributed by atoms with Crippen LogP contribution in [0.5, 0.6) is 0 Å². The van der Waals surface area contributed by atoms with Crippen molar-refractivity contribution >= 4 is 46.0 Å². The Balaban J connectivity index is 2.96. The highest BCUT2D eigenvalue weighted by molar-refractivity contribution is 8.09. The lowest BCUT2D eigenvalue weighted by atomic mass is 10.5. The zero-order valence-corrected chi connectivity index (χ0v) is 9.62. The van der Waals surface area contributed by atoms with E-state index in [0.29, 0.717) is 5.69 Å². The van der Waals surface area contributed by atoms with E-state index in [1.807, 2.05) is 0 Å². The number of hydrogen-bond donors (Lipinski definition) is 1. The van der Waals surface area contributed by atoms with Gasteiger partial charge in [0.25, 0.3) is 0 Å². The highest BCUT2D eigenvalue weighted by atomic mass is 35.9. The van der Waals surface area contributed by atoms with Gasteiger partial charge < -0.3 is 0 Å². The molecule has 0 unspecified atom stereocenters. The predicted molar refractivity (Wildman–Crippen MR) is 54.7 cm³/mol. The lowest BCUT2D eigenvalue weighted by molar-refractivity contribution is 0.595. The van der Waals surface area contributed by atoms with Gasteiger partial charge in [-0.15, -0.1) is 0 Å². The van der Waals surface area contributed by atoms with Crippen LogP contribution in [0.3, 0.4) is 0 Å². The number of nitrogens with zero attached hydrogens (tertiary/aromatic N) is 2. The third-order valence-corrected chi connectivity index (χ3v) is 2.21. The zero-order valence-electron chi connectivity index (χ0n) is 6.46. The summed E-state index contributed by atoms with van der Waals surface area (Å²) in [6.45, 7) is 1.71. The van der Waals surface area contributed by atoms with Gasteiger partial charge in [-0.25, -0.2) is 9.97 Å². The summed E-state index contributed by atoms with van der Waals surface area (Å²) in [4.78, 5) is 7.59. The van der Waals surface area contributed by atoms with Crippen molar-refractivity contribution < 1.29 is 4.57 Å². The van der Waals surface area contributed by atoms with Crippen LogP contribution < -0.4 is 5.09 Å². The number of nitrogens with one attached hydrogen (secondary N) is 1. The summed E-state index contributed by atoms with van der Waals surface area (Å²) in [6, 6.07) is 1.56. The fourth-order valence-electron chi connectivity index (χ4n) is 0.697. The molecule has 0 radical (unpaired) electrons. The molecule has 8 heteroatoms. The number of aryl methyl sites for hydroxylation is 1. The summed E-state index contributed by atoms with van der Waals surface area (Å²) in [5, 5.41) is 2.48. The van der Waals surface area contributed by atoms with E-state index < -0.39 is 6.00 Å². The molecule has 0 amide bonds. The van der Waals surface area contributed by atoms with Crippen LogP contribution >= 0.6 is 40.1 Å². The van der Waals surface area contributed by atoms with Crippen molar-refractivity contribution in [1.29, 1.82) is 0 Å². The summed E-state index contributed by atoms with van der Waals surface area (Å²) < 4.78 is 10.9. The van der Waals surface area contributed by atoms with Crippen LogP contribution in [0, 0.1) is 6.92 Å².